The van der Waals surface area contributed by atoms with Crippen LogP contribution >= 0.6 is 33.4 Å². The zero-order valence-corrected chi connectivity index (χ0v) is 25.7. The van der Waals surface area contributed by atoms with Crippen LogP contribution < -0.4 is 0 Å². The van der Waals surface area contributed by atoms with Crippen LogP contribution in [-0.2, 0) is 13.7 Å². The number of hydrogen-bond donors (Lipinski definition) is 0. The molecule has 242 valence electrons. The number of thiophene rings is 1. The molecule has 3 aromatic carbocycles. The third kappa shape index (κ3) is 6.24. The summed E-state index contributed by atoms with van der Waals surface area (Å²) in [7, 11) is -11.4. The van der Waals surface area contributed by atoms with Crippen molar-refractivity contribution in [3.05, 3.63) is 103 Å². The molecule has 0 radical (unpaired) electrons. The molecule has 1 aromatic heterocycles. The van der Waals surface area contributed by atoms with Crippen LogP contribution in [0, 0.1) is 0 Å². The van der Waals surface area contributed by atoms with Gasteiger partial charge in [0, 0.05) is 20.2 Å². The van der Waals surface area contributed by atoms with E-state index in [1.807, 2.05) is 0 Å². The molecule has 0 fully saturated rings. The minimum absolute atomic E-state index is 0.145. The molecule has 4 rings (SSSR count). The van der Waals surface area contributed by atoms with Crippen LogP contribution in [0.4, 0.5) is 39.5 Å². The monoisotopic (exact) mass is 718 g/mol. The highest BCUT2D eigenvalue weighted by molar-refractivity contribution is 8.34. The largest absolute Gasteiger partial charge is 0.460 e. The van der Waals surface area contributed by atoms with Gasteiger partial charge in [0.1, 0.15) is 0 Å². The maximum absolute atomic E-state index is 15.0. The number of carbonyl (C=O) groups is 1. The van der Waals surface area contributed by atoms with E-state index in [2.05, 4.69) is 0 Å². The van der Waals surface area contributed by atoms with E-state index >= 15 is 8.78 Å². The molecule has 1 heterocycles. The summed E-state index contributed by atoms with van der Waals surface area (Å²) >= 11 is 1.88. The van der Waals surface area contributed by atoms with Crippen molar-refractivity contribution in [2.75, 3.05) is 0 Å². The van der Waals surface area contributed by atoms with Crippen LogP contribution in [-0.4, -0.2) is 37.5 Å². The van der Waals surface area contributed by atoms with Crippen LogP contribution in [0.2, 0.25) is 0 Å². The quantitative estimate of drug-likeness (QED) is 0.114. The molecule has 0 spiro atoms. The highest BCUT2D eigenvalue weighted by Gasteiger charge is 2.86. The van der Waals surface area contributed by atoms with Crippen molar-refractivity contribution in [3.63, 3.8) is 0 Å². The predicted octanol–water partition coefficient (Wildman–Crippen LogP) is 10.1. The molecule has 0 bridgehead atoms. The van der Waals surface area contributed by atoms with Gasteiger partial charge in [-0.05, 0) is 65.8 Å². The number of ketones is 1. The Balaban J connectivity index is 1.91. The lowest BCUT2D eigenvalue weighted by atomic mass is 10.1. The Morgan fingerprint density at radius 1 is 0.689 bits per heavy atom. The number of alkyl halides is 9. The van der Waals surface area contributed by atoms with Gasteiger partial charge in [-0.25, -0.2) is 3.63 Å². The molecule has 0 aliphatic rings. The minimum atomic E-state index is -7.47. The van der Waals surface area contributed by atoms with E-state index in [0.29, 0.717) is 14.7 Å². The first-order chi connectivity index (χ1) is 20.8. The molecule has 0 aliphatic heterocycles. The molecule has 0 N–H and O–H groups in total. The standard InChI is InChI=1S/C28H19F9O4S4/c1-18(38)19-12-14-20(15-13-19)42-23-16-17-24(43-23)44(21-8-4-2-5-9-21,22-10-6-3-7-11-22)41-45(39,40)28(36,37)26(31,32)25(29,30)27(33,34)35/h2-17H,1H3. The smallest absolute Gasteiger partial charge is 0.295 e. The Morgan fingerprint density at radius 2 is 1.18 bits per heavy atom. The SMILES string of the molecule is CC(=O)c1ccc(Sc2ccc(S(OS(=O)(=O)C(F)(F)C(F)(F)C(F)(F)C(F)(F)F)(c3ccccc3)c3ccccc3)s2)cc1. The van der Waals surface area contributed by atoms with Gasteiger partial charge in [-0.1, -0.05) is 60.3 Å². The minimum Gasteiger partial charge on any atom is -0.295 e. The van der Waals surface area contributed by atoms with Gasteiger partial charge in [0.15, 0.2) is 5.78 Å². The first-order valence-electron chi connectivity index (χ1n) is 12.3. The molecular weight excluding hydrogens is 700 g/mol. The van der Waals surface area contributed by atoms with E-state index in [9.17, 15) is 43.9 Å². The van der Waals surface area contributed by atoms with Crippen molar-refractivity contribution < 1.29 is 56.4 Å². The molecule has 0 unspecified atom stereocenters. The highest BCUT2D eigenvalue weighted by atomic mass is 32.3. The Kier molecular flexibility index (Phi) is 9.54. The lowest BCUT2D eigenvalue weighted by Crippen LogP contribution is -2.63. The Hall–Kier alpha value is -2.99. The topological polar surface area (TPSA) is 60.4 Å². The number of Topliss-reactive ketones (excluding diaryl/α,β-unsaturated/α-hetero) is 1. The fourth-order valence-electron chi connectivity index (χ4n) is 3.79. The maximum atomic E-state index is 15.0. The van der Waals surface area contributed by atoms with Gasteiger partial charge in [0.05, 0.1) is 8.42 Å². The highest BCUT2D eigenvalue weighted by Crippen LogP contribution is 2.73. The maximum Gasteiger partial charge on any atom is 0.460 e. The lowest BCUT2D eigenvalue weighted by Gasteiger charge is -2.40. The number of halogens is 9. The zero-order valence-electron chi connectivity index (χ0n) is 22.4. The van der Waals surface area contributed by atoms with Gasteiger partial charge in [0.2, 0.25) is 0 Å². The molecule has 0 atom stereocenters. The summed E-state index contributed by atoms with van der Waals surface area (Å²) in [5.74, 6) is -15.1. The first-order valence-corrected chi connectivity index (χ1v) is 16.9. The molecule has 0 aliphatic carbocycles. The fraction of sp³-hybridized carbons (Fsp3) is 0.179. The first kappa shape index (κ1) is 34.9. The van der Waals surface area contributed by atoms with E-state index in [1.54, 1.807) is 12.1 Å². The number of carbonyl (C=O) groups excluding carboxylic acids is 1. The summed E-state index contributed by atoms with van der Waals surface area (Å²) < 4.78 is 156. The van der Waals surface area contributed by atoms with E-state index in [4.69, 9.17) is 3.63 Å². The summed E-state index contributed by atoms with van der Waals surface area (Å²) in [4.78, 5) is 11.8. The molecule has 0 amide bonds. The van der Waals surface area contributed by atoms with Gasteiger partial charge in [-0.2, -0.15) is 47.9 Å². The van der Waals surface area contributed by atoms with E-state index in [0.717, 1.165) is 23.1 Å². The van der Waals surface area contributed by atoms with Gasteiger partial charge >= 0.3 is 33.4 Å². The summed E-state index contributed by atoms with van der Waals surface area (Å²) in [5, 5.41) is -7.06. The number of benzene rings is 3. The molecular formula is C28H19F9O4S4. The van der Waals surface area contributed by atoms with E-state index in [1.165, 1.54) is 91.9 Å². The lowest BCUT2D eigenvalue weighted by molar-refractivity contribution is -0.382. The summed E-state index contributed by atoms with van der Waals surface area (Å²) in [6.07, 6.45) is -7.24. The van der Waals surface area contributed by atoms with Crippen LogP contribution in [0.5, 0.6) is 0 Å². The van der Waals surface area contributed by atoms with Crippen molar-refractivity contribution in [1.29, 1.82) is 0 Å². The molecule has 45 heavy (non-hydrogen) atoms. The Morgan fingerprint density at radius 3 is 1.62 bits per heavy atom. The third-order valence-corrected chi connectivity index (χ3v) is 14.1. The molecule has 4 aromatic rings. The number of rotatable bonds is 11. The summed E-state index contributed by atoms with van der Waals surface area (Å²) in [5.41, 5.74) is 0.412. The average Bonchev–Trinajstić information content (AvgIpc) is 3.45. The van der Waals surface area contributed by atoms with E-state index in [-0.39, 0.29) is 19.8 Å². The van der Waals surface area contributed by atoms with Crippen LogP contribution in [0.25, 0.3) is 0 Å². The van der Waals surface area contributed by atoms with Crippen molar-refractivity contribution in [1.82, 2.24) is 0 Å². The van der Waals surface area contributed by atoms with Gasteiger partial charge in [-0.15, -0.1) is 11.3 Å². The van der Waals surface area contributed by atoms with Crippen molar-refractivity contribution in [2.24, 2.45) is 0 Å². The third-order valence-electron chi connectivity index (χ3n) is 6.09. The van der Waals surface area contributed by atoms with Crippen LogP contribution in [0.15, 0.2) is 120 Å². The summed E-state index contributed by atoms with van der Waals surface area (Å²) in [6, 6.07) is 22.0. The predicted molar refractivity (Wildman–Crippen MR) is 151 cm³/mol. The van der Waals surface area contributed by atoms with Crippen LogP contribution in [0.3, 0.4) is 0 Å². The Bertz CT molecular complexity index is 1720. The van der Waals surface area contributed by atoms with Gasteiger partial charge in [0.25, 0.3) is 0 Å². The molecule has 0 saturated heterocycles. The summed E-state index contributed by atoms with van der Waals surface area (Å²) in [6.45, 7) is 1.36. The molecule has 17 heteroatoms. The van der Waals surface area contributed by atoms with Gasteiger partial charge < -0.3 is 0 Å². The van der Waals surface area contributed by atoms with Crippen LogP contribution in [0.1, 0.15) is 17.3 Å². The second-order valence-corrected chi connectivity index (χ2v) is 16.3. The van der Waals surface area contributed by atoms with Crippen molar-refractivity contribution in [2.45, 2.75) is 53.3 Å². The zero-order chi connectivity index (χ0) is 33.5. The van der Waals surface area contributed by atoms with Gasteiger partial charge in [-0.3, -0.25) is 4.79 Å². The van der Waals surface area contributed by atoms with Crippen molar-refractivity contribution in [3.8, 4) is 0 Å². The second-order valence-electron chi connectivity index (χ2n) is 9.12. The number of hydrogen-bond acceptors (Lipinski definition) is 6. The second kappa shape index (κ2) is 12.3. The normalized spacial score (nSPS) is 13.9. The fourth-order valence-corrected chi connectivity index (χ4v) is 12.2. The Labute approximate surface area is 260 Å². The van der Waals surface area contributed by atoms with Crippen molar-refractivity contribution >= 4 is 49.3 Å². The molecule has 4 nitrogen and oxygen atoms in total. The van der Waals surface area contributed by atoms with E-state index < -0.39 is 43.7 Å². The average molecular weight is 719 g/mol. The molecule has 0 saturated carbocycles.